The van der Waals surface area contributed by atoms with Crippen LogP contribution in [-0.4, -0.2) is 74.8 Å². The second-order valence-electron chi connectivity index (χ2n) is 6.35. The Hall–Kier alpha value is -1.69. The van der Waals surface area contributed by atoms with E-state index in [1.54, 1.807) is 0 Å². The van der Waals surface area contributed by atoms with Crippen molar-refractivity contribution in [2.24, 2.45) is 17.4 Å². The van der Waals surface area contributed by atoms with Gasteiger partial charge in [0.25, 0.3) is 0 Å². The molecule has 1 heterocycles. The molecule has 1 amide bonds. The van der Waals surface area contributed by atoms with Gasteiger partial charge in [0.1, 0.15) is 5.54 Å². The molecule has 10 nitrogen and oxygen atoms in total. The lowest BCUT2D eigenvalue weighted by Gasteiger charge is -2.42. The van der Waals surface area contributed by atoms with Crippen LogP contribution in [0.15, 0.2) is 0 Å². The van der Waals surface area contributed by atoms with Crippen LogP contribution in [0.5, 0.6) is 0 Å². The minimum Gasteiger partial charge on any atom is -0.481 e. The number of piperidine rings is 1. The average molecular weight is 345 g/mol. The maximum atomic E-state index is 12.4. The summed E-state index contributed by atoms with van der Waals surface area (Å²) in [5.74, 6) is -3.21. The molecule has 0 aromatic carbocycles. The number of likely N-dealkylation sites (tertiary alicyclic amines) is 1. The van der Waals surface area contributed by atoms with E-state index in [-0.39, 0.29) is 51.0 Å². The van der Waals surface area contributed by atoms with Crippen LogP contribution >= 0.6 is 0 Å². The minimum atomic E-state index is -1.65. The molecule has 0 saturated carbocycles. The Labute approximate surface area is 139 Å². The lowest BCUT2D eigenvalue weighted by molar-refractivity contribution is -0.149. The number of carbonyl (C=O) groups excluding carboxylic acids is 1. The second kappa shape index (κ2) is 8.42. The zero-order chi connectivity index (χ0) is 18.5. The number of hydrogen-bond donors (Lipinski definition) is 6. The number of amides is 1. The smallest absolute Gasteiger partial charge is 0.451 e. The van der Waals surface area contributed by atoms with Crippen molar-refractivity contribution in [2.45, 2.75) is 43.6 Å². The van der Waals surface area contributed by atoms with E-state index >= 15 is 0 Å². The molecule has 8 N–H and O–H groups in total. The summed E-state index contributed by atoms with van der Waals surface area (Å²) in [7, 11) is -1.52. The zero-order valence-electron chi connectivity index (χ0n) is 13.3. The summed E-state index contributed by atoms with van der Waals surface area (Å²) in [5, 5.41) is 35.9. The highest BCUT2D eigenvalue weighted by Crippen LogP contribution is 2.28. The predicted molar refractivity (Wildman–Crippen MR) is 83.7 cm³/mol. The fourth-order valence-corrected chi connectivity index (χ4v) is 2.90. The van der Waals surface area contributed by atoms with Gasteiger partial charge >= 0.3 is 19.1 Å². The van der Waals surface area contributed by atoms with Crippen molar-refractivity contribution < 1.29 is 34.6 Å². The van der Waals surface area contributed by atoms with Crippen molar-refractivity contribution in [1.29, 1.82) is 0 Å². The molecule has 0 aromatic rings. The van der Waals surface area contributed by atoms with Crippen molar-refractivity contribution in [3.63, 3.8) is 0 Å². The maximum Gasteiger partial charge on any atom is 0.451 e. The van der Waals surface area contributed by atoms with Gasteiger partial charge in [0.2, 0.25) is 5.91 Å². The largest absolute Gasteiger partial charge is 0.481 e. The summed E-state index contributed by atoms with van der Waals surface area (Å²) in [6.45, 7) is -0.0291. The first-order valence-corrected chi connectivity index (χ1v) is 7.69. The molecule has 0 spiro atoms. The standard InChI is InChI=1S/C13H24BN3O7/c15-9(1-2-10(18)19)11(20)17-6-8(3-4-14(23)24)5-13(16,7-17)12(21)22/h8-9,23-24H,1-7,15-16H2,(H,18,19)(H,21,22)/t8-,9-,13+/m0/s1. The van der Waals surface area contributed by atoms with Crippen LogP contribution in [0, 0.1) is 5.92 Å². The minimum absolute atomic E-state index is 0.0352. The predicted octanol–water partition coefficient (Wildman–Crippen LogP) is -2.33. The van der Waals surface area contributed by atoms with E-state index in [9.17, 15) is 19.5 Å². The summed E-state index contributed by atoms with van der Waals surface area (Å²) in [4.78, 5) is 35.6. The van der Waals surface area contributed by atoms with Crippen LogP contribution in [0.25, 0.3) is 0 Å². The van der Waals surface area contributed by atoms with Gasteiger partial charge in [-0.2, -0.15) is 0 Å². The van der Waals surface area contributed by atoms with Gasteiger partial charge in [-0.15, -0.1) is 0 Å². The van der Waals surface area contributed by atoms with Gasteiger partial charge < -0.3 is 36.6 Å². The maximum absolute atomic E-state index is 12.4. The van der Waals surface area contributed by atoms with E-state index in [0.29, 0.717) is 0 Å². The molecular formula is C13H24BN3O7. The molecule has 0 aliphatic carbocycles. The molecule has 136 valence electrons. The molecule has 0 aromatic heterocycles. The molecule has 3 atom stereocenters. The summed E-state index contributed by atoms with van der Waals surface area (Å²) >= 11 is 0. The third kappa shape index (κ3) is 5.75. The summed E-state index contributed by atoms with van der Waals surface area (Å²) < 4.78 is 0. The van der Waals surface area contributed by atoms with E-state index in [1.165, 1.54) is 4.90 Å². The number of hydrogen-bond acceptors (Lipinski definition) is 7. The van der Waals surface area contributed by atoms with E-state index < -0.39 is 36.5 Å². The zero-order valence-corrected chi connectivity index (χ0v) is 13.3. The molecule has 24 heavy (non-hydrogen) atoms. The molecule has 0 radical (unpaired) electrons. The van der Waals surface area contributed by atoms with Crippen molar-refractivity contribution in [3.05, 3.63) is 0 Å². The van der Waals surface area contributed by atoms with Gasteiger partial charge in [0.15, 0.2) is 0 Å². The Morgan fingerprint density at radius 1 is 1.29 bits per heavy atom. The molecule has 1 aliphatic heterocycles. The highest BCUT2D eigenvalue weighted by atomic mass is 16.4. The van der Waals surface area contributed by atoms with Gasteiger partial charge in [0, 0.05) is 19.5 Å². The quantitative estimate of drug-likeness (QED) is 0.262. The molecule has 11 heteroatoms. The Morgan fingerprint density at radius 2 is 1.92 bits per heavy atom. The first kappa shape index (κ1) is 20.4. The van der Waals surface area contributed by atoms with Crippen LogP contribution in [0.3, 0.4) is 0 Å². The van der Waals surface area contributed by atoms with Crippen LogP contribution in [0.1, 0.15) is 25.7 Å². The van der Waals surface area contributed by atoms with Crippen molar-refractivity contribution in [1.82, 2.24) is 4.90 Å². The Bertz CT molecular complexity index is 490. The normalized spacial score (nSPS) is 25.2. The van der Waals surface area contributed by atoms with E-state index in [2.05, 4.69) is 0 Å². The highest BCUT2D eigenvalue weighted by molar-refractivity contribution is 6.40. The highest BCUT2D eigenvalue weighted by Gasteiger charge is 2.44. The van der Waals surface area contributed by atoms with Crippen LogP contribution in [0.4, 0.5) is 0 Å². The number of nitrogens with two attached hydrogens (primary N) is 2. The van der Waals surface area contributed by atoms with Gasteiger partial charge in [-0.05, 0) is 25.1 Å². The lowest BCUT2D eigenvalue weighted by Crippen LogP contribution is -2.64. The third-order valence-corrected chi connectivity index (χ3v) is 4.16. The van der Waals surface area contributed by atoms with Gasteiger partial charge in [-0.1, -0.05) is 6.42 Å². The van der Waals surface area contributed by atoms with Crippen LogP contribution in [0.2, 0.25) is 6.32 Å². The monoisotopic (exact) mass is 345 g/mol. The van der Waals surface area contributed by atoms with Crippen molar-refractivity contribution in [3.8, 4) is 0 Å². The molecule has 0 bridgehead atoms. The van der Waals surface area contributed by atoms with Gasteiger partial charge in [0.05, 0.1) is 6.04 Å². The Kier molecular flexibility index (Phi) is 7.15. The number of nitrogens with zero attached hydrogens (tertiary/aromatic N) is 1. The summed E-state index contributed by atoms with van der Waals surface area (Å²) in [6.07, 6.45) is 0.0949. The van der Waals surface area contributed by atoms with Gasteiger partial charge in [-0.25, -0.2) is 0 Å². The first-order valence-electron chi connectivity index (χ1n) is 7.69. The number of carboxylic acids is 2. The van der Waals surface area contributed by atoms with Crippen LogP contribution < -0.4 is 11.5 Å². The van der Waals surface area contributed by atoms with E-state index in [0.717, 1.165) is 0 Å². The number of rotatable bonds is 8. The number of carboxylic acid groups (broad SMARTS) is 2. The van der Waals surface area contributed by atoms with E-state index in [1.807, 2.05) is 0 Å². The summed E-state index contributed by atoms with van der Waals surface area (Å²) in [5.41, 5.74) is 9.95. The molecule has 0 unspecified atom stereocenters. The molecule has 1 aliphatic rings. The molecular weight excluding hydrogens is 321 g/mol. The first-order chi connectivity index (χ1) is 11.0. The van der Waals surface area contributed by atoms with E-state index in [4.69, 9.17) is 26.6 Å². The summed E-state index contributed by atoms with van der Waals surface area (Å²) in [6, 6.07) is -1.05. The SMILES string of the molecule is N[C@@H](CCC(=O)O)C(=O)N1C[C@@H](CCB(O)O)C[C@](N)(C(=O)O)C1. The number of aliphatic carboxylic acids is 2. The Morgan fingerprint density at radius 3 is 2.42 bits per heavy atom. The molecule has 1 fully saturated rings. The van der Waals surface area contributed by atoms with Gasteiger partial charge in [-0.3, -0.25) is 14.4 Å². The lowest BCUT2D eigenvalue weighted by atomic mass is 9.75. The average Bonchev–Trinajstić information content (AvgIpc) is 2.49. The van der Waals surface area contributed by atoms with Crippen molar-refractivity contribution >= 4 is 25.0 Å². The third-order valence-electron chi connectivity index (χ3n) is 4.16. The fraction of sp³-hybridized carbons (Fsp3) is 0.769. The number of carbonyl (C=O) groups is 3. The molecule has 1 saturated heterocycles. The van der Waals surface area contributed by atoms with Crippen LogP contribution in [-0.2, 0) is 14.4 Å². The second-order valence-corrected chi connectivity index (χ2v) is 6.35. The Balaban J connectivity index is 2.81. The van der Waals surface area contributed by atoms with Crippen molar-refractivity contribution in [2.75, 3.05) is 13.1 Å². The molecule has 1 rings (SSSR count). The topological polar surface area (TPSA) is 187 Å². The fourth-order valence-electron chi connectivity index (χ4n) is 2.90.